The number of rotatable bonds is 5. The lowest BCUT2D eigenvalue weighted by Gasteiger charge is -2.07. The first-order valence-electron chi connectivity index (χ1n) is 5.05. The molecule has 0 fully saturated rings. The Labute approximate surface area is 99.7 Å². The number of methoxy groups -OCH3 is 1. The van der Waals surface area contributed by atoms with Crippen molar-refractivity contribution in [2.75, 3.05) is 20.3 Å². The summed E-state index contributed by atoms with van der Waals surface area (Å²) in [6, 6.07) is 4.16. The smallest absolute Gasteiger partial charge is 0.206 e. The van der Waals surface area contributed by atoms with Crippen LogP contribution in [0.15, 0.2) is 17.1 Å². The van der Waals surface area contributed by atoms with Gasteiger partial charge in [-0.15, -0.1) is 11.3 Å². The number of hydrogen-bond acceptors (Lipinski definition) is 4. The molecule has 5 nitrogen and oxygen atoms in total. The molecule has 4 N–H and O–H groups in total. The van der Waals surface area contributed by atoms with E-state index >= 15 is 0 Å². The number of ether oxygens (including phenoxy) is 1. The average molecular weight is 242 g/mol. The number of nitrogens with one attached hydrogen (secondary N) is 2. The Balaban J connectivity index is 2.40. The van der Waals surface area contributed by atoms with Crippen molar-refractivity contribution in [1.29, 1.82) is 0 Å². The summed E-state index contributed by atoms with van der Waals surface area (Å²) in [7, 11) is 1.66. The molecule has 1 aromatic heterocycles. The van der Waals surface area contributed by atoms with Crippen molar-refractivity contribution in [1.82, 2.24) is 10.7 Å². The lowest BCUT2D eigenvalue weighted by atomic mass is 10.4. The van der Waals surface area contributed by atoms with Crippen LogP contribution >= 0.6 is 11.3 Å². The molecule has 0 saturated heterocycles. The Hall–Kier alpha value is -1.11. The summed E-state index contributed by atoms with van der Waals surface area (Å²) < 4.78 is 4.92. The van der Waals surface area contributed by atoms with Crippen LogP contribution in [0.25, 0.3) is 0 Å². The number of aryl methyl sites for hydroxylation is 1. The SMILES string of the molecule is COCCNC(=NCc1ccc(C)s1)NN. The van der Waals surface area contributed by atoms with Gasteiger partial charge in [-0.3, -0.25) is 5.43 Å². The molecule has 16 heavy (non-hydrogen) atoms. The van der Waals surface area contributed by atoms with E-state index < -0.39 is 0 Å². The van der Waals surface area contributed by atoms with Crippen molar-refractivity contribution in [2.24, 2.45) is 10.8 Å². The van der Waals surface area contributed by atoms with Crippen molar-refractivity contribution in [3.05, 3.63) is 21.9 Å². The van der Waals surface area contributed by atoms with Gasteiger partial charge in [0.05, 0.1) is 13.2 Å². The standard InChI is InChI=1S/C10H18N4OS/c1-8-3-4-9(16-8)7-13-10(14-11)12-5-6-15-2/h3-4H,5-7,11H2,1-2H3,(H2,12,13,14). The summed E-state index contributed by atoms with van der Waals surface area (Å²) in [5, 5.41) is 3.04. The Morgan fingerprint density at radius 2 is 2.38 bits per heavy atom. The first-order chi connectivity index (χ1) is 7.76. The lowest BCUT2D eigenvalue weighted by molar-refractivity contribution is 0.203. The quantitative estimate of drug-likeness (QED) is 0.233. The highest BCUT2D eigenvalue weighted by atomic mass is 32.1. The molecule has 90 valence electrons. The van der Waals surface area contributed by atoms with E-state index in [2.05, 4.69) is 34.8 Å². The minimum Gasteiger partial charge on any atom is -0.383 e. The number of nitrogens with zero attached hydrogens (tertiary/aromatic N) is 1. The zero-order chi connectivity index (χ0) is 11.8. The van der Waals surface area contributed by atoms with E-state index in [0.29, 0.717) is 25.7 Å². The Bertz CT molecular complexity index is 337. The molecule has 0 spiro atoms. The molecule has 0 radical (unpaired) electrons. The maximum Gasteiger partial charge on any atom is 0.206 e. The van der Waals surface area contributed by atoms with Crippen LogP contribution < -0.4 is 16.6 Å². The van der Waals surface area contributed by atoms with Gasteiger partial charge < -0.3 is 10.1 Å². The Kier molecular flexibility index (Phi) is 5.84. The van der Waals surface area contributed by atoms with E-state index in [4.69, 9.17) is 10.6 Å². The predicted octanol–water partition coefficient (Wildman–Crippen LogP) is 0.612. The zero-order valence-electron chi connectivity index (χ0n) is 9.62. The van der Waals surface area contributed by atoms with Gasteiger partial charge in [0.25, 0.3) is 0 Å². The highest BCUT2D eigenvalue weighted by Gasteiger charge is 1.97. The molecule has 6 heteroatoms. The van der Waals surface area contributed by atoms with Gasteiger partial charge in [0.15, 0.2) is 0 Å². The normalized spacial score (nSPS) is 11.6. The summed E-state index contributed by atoms with van der Waals surface area (Å²) in [5.74, 6) is 5.93. The number of hydrazine groups is 1. The third-order valence-corrected chi connectivity index (χ3v) is 2.91. The second kappa shape index (κ2) is 7.21. The van der Waals surface area contributed by atoms with E-state index in [0.717, 1.165) is 0 Å². The van der Waals surface area contributed by atoms with Gasteiger partial charge in [0, 0.05) is 23.4 Å². The monoisotopic (exact) mass is 242 g/mol. The van der Waals surface area contributed by atoms with Crippen molar-refractivity contribution < 1.29 is 4.74 Å². The Morgan fingerprint density at radius 1 is 1.56 bits per heavy atom. The molecule has 0 aromatic carbocycles. The van der Waals surface area contributed by atoms with Gasteiger partial charge in [0.1, 0.15) is 0 Å². The molecule has 0 aliphatic rings. The van der Waals surface area contributed by atoms with Crippen molar-refractivity contribution in [3.8, 4) is 0 Å². The van der Waals surface area contributed by atoms with Crippen LogP contribution in [0, 0.1) is 6.92 Å². The van der Waals surface area contributed by atoms with Crippen molar-refractivity contribution >= 4 is 17.3 Å². The van der Waals surface area contributed by atoms with E-state index in [9.17, 15) is 0 Å². The summed E-state index contributed by atoms with van der Waals surface area (Å²) in [4.78, 5) is 6.83. The summed E-state index contributed by atoms with van der Waals surface area (Å²) in [5.41, 5.74) is 2.53. The molecule has 1 aromatic rings. The highest BCUT2D eigenvalue weighted by molar-refractivity contribution is 7.11. The number of nitrogens with two attached hydrogens (primary N) is 1. The van der Waals surface area contributed by atoms with Crippen LogP contribution in [-0.4, -0.2) is 26.2 Å². The second-order valence-corrected chi connectivity index (χ2v) is 4.61. The fraction of sp³-hybridized carbons (Fsp3) is 0.500. The average Bonchev–Trinajstić information content (AvgIpc) is 2.69. The molecular formula is C10H18N4OS. The third-order valence-electron chi connectivity index (χ3n) is 1.92. The van der Waals surface area contributed by atoms with Crippen LogP contribution in [0.3, 0.4) is 0 Å². The molecule has 0 bridgehead atoms. The van der Waals surface area contributed by atoms with Crippen LogP contribution in [0.1, 0.15) is 9.75 Å². The molecule has 0 unspecified atom stereocenters. The highest BCUT2D eigenvalue weighted by Crippen LogP contribution is 2.15. The molecule has 0 aliphatic carbocycles. The summed E-state index contributed by atoms with van der Waals surface area (Å²) in [6.07, 6.45) is 0. The Morgan fingerprint density at radius 3 is 2.94 bits per heavy atom. The number of thiophene rings is 1. The second-order valence-electron chi connectivity index (χ2n) is 3.24. The van der Waals surface area contributed by atoms with Crippen LogP contribution in [0.2, 0.25) is 0 Å². The predicted molar refractivity (Wildman–Crippen MR) is 67.4 cm³/mol. The maximum atomic E-state index is 5.34. The molecule has 0 amide bonds. The molecule has 1 heterocycles. The van der Waals surface area contributed by atoms with Gasteiger partial charge in [-0.25, -0.2) is 10.8 Å². The lowest BCUT2D eigenvalue weighted by Crippen LogP contribution is -2.42. The summed E-state index contributed by atoms with van der Waals surface area (Å²) in [6.45, 7) is 4.02. The number of hydrogen-bond donors (Lipinski definition) is 3. The van der Waals surface area contributed by atoms with Gasteiger partial charge >= 0.3 is 0 Å². The van der Waals surface area contributed by atoms with Gasteiger partial charge in [0.2, 0.25) is 5.96 Å². The molecule has 1 rings (SSSR count). The number of guanidine groups is 1. The van der Waals surface area contributed by atoms with Gasteiger partial charge in [-0.2, -0.15) is 0 Å². The van der Waals surface area contributed by atoms with Crippen molar-refractivity contribution in [2.45, 2.75) is 13.5 Å². The number of aliphatic imine (C=N–C) groups is 1. The molecule has 0 atom stereocenters. The van der Waals surface area contributed by atoms with Crippen LogP contribution in [0.4, 0.5) is 0 Å². The minimum absolute atomic E-state index is 0.586. The maximum absolute atomic E-state index is 5.34. The van der Waals surface area contributed by atoms with Crippen molar-refractivity contribution in [3.63, 3.8) is 0 Å². The van der Waals surface area contributed by atoms with Crippen LogP contribution in [0.5, 0.6) is 0 Å². The fourth-order valence-electron chi connectivity index (χ4n) is 1.15. The third kappa shape index (κ3) is 4.61. The fourth-order valence-corrected chi connectivity index (χ4v) is 1.97. The van der Waals surface area contributed by atoms with Gasteiger partial charge in [-0.1, -0.05) is 0 Å². The van der Waals surface area contributed by atoms with E-state index in [1.165, 1.54) is 9.75 Å². The minimum atomic E-state index is 0.586. The molecule has 0 aliphatic heterocycles. The largest absolute Gasteiger partial charge is 0.383 e. The summed E-state index contributed by atoms with van der Waals surface area (Å²) >= 11 is 1.74. The zero-order valence-corrected chi connectivity index (χ0v) is 10.4. The first kappa shape index (κ1) is 13.0. The van der Waals surface area contributed by atoms with Gasteiger partial charge in [-0.05, 0) is 19.1 Å². The van der Waals surface area contributed by atoms with E-state index in [1.807, 2.05) is 0 Å². The molecular weight excluding hydrogens is 224 g/mol. The topological polar surface area (TPSA) is 71.7 Å². The van der Waals surface area contributed by atoms with Crippen LogP contribution in [-0.2, 0) is 11.3 Å². The van der Waals surface area contributed by atoms with E-state index in [1.54, 1.807) is 18.4 Å². The van der Waals surface area contributed by atoms with E-state index in [-0.39, 0.29) is 0 Å². The first-order valence-corrected chi connectivity index (χ1v) is 5.87. The molecule has 0 saturated carbocycles.